The van der Waals surface area contributed by atoms with Gasteiger partial charge < -0.3 is 4.90 Å². The van der Waals surface area contributed by atoms with Gasteiger partial charge in [-0.2, -0.15) is 18.4 Å². The quantitative estimate of drug-likeness (QED) is 0.209. The Kier molecular flexibility index (Phi) is 10.1. The Labute approximate surface area is 322 Å². The lowest BCUT2D eigenvalue weighted by atomic mass is 10.00. The third-order valence-corrected chi connectivity index (χ3v) is 11.8. The number of nitrogens with one attached hydrogen (secondary N) is 1. The molecule has 1 saturated heterocycles. The number of hydrogen-bond acceptors (Lipinski definition) is 11. The van der Waals surface area contributed by atoms with Crippen LogP contribution in [0, 0.1) is 36.0 Å². The molecule has 284 valence electrons. The summed E-state index contributed by atoms with van der Waals surface area (Å²) in [5.41, 5.74) is 2.09. The van der Waals surface area contributed by atoms with Gasteiger partial charge in [0.2, 0.25) is 10.0 Å². The predicted molar refractivity (Wildman–Crippen MR) is 203 cm³/mol. The minimum atomic E-state index is -4.19. The maximum atomic E-state index is 14.0. The van der Waals surface area contributed by atoms with Crippen molar-refractivity contribution in [2.45, 2.75) is 51.0 Å². The van der Waals surface area contributed by atoms with Gasteiger partial charge in [-0.15, -0.1) is 11.3 Å². The van der Waals surface area contributed by atoms with E-state index in [1.165, 1.54) is 33.7 Å². The van der Waals surface area contributed by atoms with Crippen molar-refractivity contribution < 1.29 is 26.4 Å². The predicted octanol–water partition coefficient (Wildman–Crippen LogP) is 5.49. The molecule has 1 amide bonds. The van der Waals surface area contributed by atoms with Crippen LogP contribution in [-0.2, 0) is 16.6 Å². The Morgan fingerprint density at radius 1 is 1.18 bits per heavy atom. The molecule has 5 aromatic rings. The summed E-state index contributed by atoms with van der Waals surface area (Å²) >= 11 is 7.62. The fraction of sp³-hybridized carbons (Fsp3) is 0.351. The van der Waals surface area contributed by atoms with E-state index in [4.69, 9.17) is 11.6 Å². The maximum Gasteiger partial charge on any atom is 0.393 e. The molecule has 2 aliphatic rings. The fourth-order valence-electron chi connectivity index (χ4n) is 7.17. The van der Waals surface area contributed by atoms with Crippen molar-refractivity contribution in [3.63, 3.8) is 0 Å². The third kappa shape index (κ3) is 7.62. The highest BCUT2D eigenvalue weighted by atomic mass is 35.5. The number of nitrogens with zero attached hydrogens (tertiary/aromatic N) is 7. The molecule has 0 bridgehead atoms. The number of alkyl halides is 3. The molecule has 12 nitrogen and oxygen atoms in total. The zero-order chi connectivity index (χ0) is 39.4. The lowest BCUT2D eigenvalue weighted by molar-refractivity contribution is -0.152. The van der Waals surface area contributed by atoms with E-state index < -0.39 is 39.6 Å². The summed E-state index contributed by atoms with van der Waals surface area (Å²) in [6.07, 6.45) is 0.944. The normalized spacial score (nSPS) is 17.8. The molecule has 0 spiro atoms. The highest BCUT2D eigenvalue weighted by molar-refractivity contribution is 7.89. The first-order valence-corrected chi connectivity index (χ1v) is 20.2. The van der Waals surface area contributed by atoms with Crippen molar-refractivity contribution in [2.24, 2.45) is 5.92 Å². The molecule has 1 aliphatic carbocycles. The number of pyridine rings is 2. The summed E-state index contributed by atoms with van der Waals surface area (Å²) in [5, 5.41) is 12.4. The van der Waals surface area contributed by atoms with Crippen LogP contribution >= 0.6 is 22.9 Å². The van der Waals surface area contributed by atoms with Gasteiger partial charge in [-0.05, 0) is 50.5 Å². The van der Waals surface area contributed by atoms with Gasteiger partial charge >= 0.3 is 6.18 Å². The lowest BCUT2D eigenvalue weighted by Crippen LogP contribution is -2.45. The smallest absolute Gasteiger partial charge is 0.355 e. The lowest BCUT2D eigenvalue weighted by Gasteiger charge is -2.38. The summed E-state index contributed by atoms with van der Waals surface area (Å²) in [7, 11) is -2.03. The molecule has 7 rings (SSSR count). The summed E-state index contributed by atoms with van der Waals surface area (Å²) < 4.78 is 66.8. The van der Waals surface area contributed by atoms with Gasteiger partial charge in [0.1, 0.15) is 23.3 Å². The second kappa shape index (κ2) is 14.5. The first kappa shape index (κ1) is 38.2. The van der Waals surface area contributed by atoms with Crippen LogP contribution in [0.3, 0.4) is 0 Å². The van der Waals surface area contributed by atoms with Gasteiger partial charge in [0.15, 0.2) is 0 Å². The summed E-state index contributed by atoms with van der Waals surface area (Å²) in [6, 6.07) is 8.42. The van der Waals surface area contributed by atoms with E-state index in [1.54, 1.807) is 38.2 Å². The van der Waals surface area contributed by atoms with E-state index in [0.717, 1.165) is 6.26 Å². The Hall–Kier alpha value is -5.07. The first-order chi connectivity index (χ1) is 26.1. The Balaban J connectivity index is 1.16. The Bertz CT molecular complexity index is 2660. The van der Waals surface area contributed by atoms with Gasteiger partial charge in [0, 0.05) is 65.5 Å². The number of nitriles is 1. The number of carbonyl (C=O) groups is 1. The largest absolute Gasteiger partial charge is 0.393 e. The van der Waals surface area contributed by atoms with E-state index in [2.05, 4.69) is 32.9 Å². The van der Waals surface area contributed by atoms with Gasteiger partial charge in [0.25, 0.3) is 11.5 Å². The number of carbonyl (C=O) groups excluding carboxylic acids is 1. The van der Waals surface area contributed by atoms with Crippen LogP contribution in [0.15, 0.2) is 46.8 Å². The van der Waals surface area contributed by atoms with Crippen LogP contribution in [0.4, 0.5) is 19.0 Å². The summed E-state index contributed by atoms with van der Waals surface area (Å²) in [5.74, 6) is 4.75. The molecule has 1 aliphatic heterocycles. The van der Waals surface area contributed by atoms with Crippen LogP contribution in [-0.4, -0.2) is 83.4 Å². The van der Waals surface area contributed by atoms with E-state index in [1.807, 2.05) is 14.5 Å². The zero-order valence-electron chi connectivity index (χ0n) is 29.6. The van der Waals surface area contributed by atoms with E-state index >= 15 is 0 Å². The number of aryl methyl sites for hydroxylation is 1. The average Bonchev–Trinajstić information content (AvgIpc) is 3.84. The van der Waals surface area contributed by atoms with Gasteiger partial charge in [0.05, 0.1) is 51.6 Å². The number of likely N-dealkylation sites (tertiary alicyclic amines) is 1. The number of hydrogen-bond donors (Lipinski definition) is 1. The molecule has 18 heteroatoms. The van der Waals surface area contributed by atoms with Crippen LogP contribution in [0.5, 0.6) is 0 Å². The summed E-state index contributed by atoms with van der Waals surface area (Å²) in [6.45, 7) is 2.56. The molecule has 0 radical (unpaired) electrons. The standard InChI is InChI=1S/C37H32ClF3N8O4S2/c1-20-45-29-18-44-34(47(2)23-9-13-48(14-10-23)30-16-28(30)37(39,40)41)26(17-42)31(29)36(51)49(20)12-4-5-21-6-7-22(38)15-25(21)24-8-11-43-32-27(19-54-33(24)32)35(50)46-55(3,52)53/h6-8,11,15,18-19,23,28,30H,9-10,12-14,16H2,1-3H3,(H,46,50)/t28-,30-/m1/s1. The minimum Gasteiger partial charge on any atom is -0.355 e. The number of aromatic nitrogens is 4. The molecule has 4 aromatic heterocycles. The van der Waals surface area contributed by atoms with Crippen molar-refractivity contribution in [3.8, 4) is 29.0 Å². The van der Waals surface area contributed by atoms with E-state index in [-0.39, 0.29) is 41.0 Å². The topological polar surface area (TPSA) is 154 Å². The number of halogens is 4. The Morgan fingerprint density at radius 3 is 2.60 bits per heavy atom. The van der Waals surface area contributed by atoms with Gasteiger partial charge in [-0.25, -0.2) is 23.1 Å². The van der Waals surface area contributed by atoms with Gasteiger partial charge in [-0.3, -0.25) is 24.0 Å². The molecule has 2 fully saturated rings. The number of benzene rings is 1. The van der Waals surface area contributed by atoms with E-state index in [9.17, 15) is 36.4 Å². The number of thiophene rings is 1. The molecule has 1 saturated carbocycles. The molecular formula is C37H32ClF3N8O4S2. The number of rotatable bonds is 7. The minimum absolute atomic E-state index is 0.0585. The van der Waals surface area contributed by atoms with Crippen molar-refractivity contribution in [2.75, 3.05) is 31.3 Å². The maximum absolute atomic E-state index is 14.0. The molecule has 1 N–H and O–H groups in total. The van der Waals surface area contributed by atoms with Crippen LogP contribution < -0.4 is 15.2 Å². The SMILES string of the molecule is Cc1nc2cnc(N(C)C3CCN([C@@H]4C[C@H]4C(F)(F)F)CC3)c(C#N)c2c(=O)n1CC#Cc1ccc(Cl)cc1-c1ccnc2c(C(=O)NS(C)(=O)=O)csc12. The molecule has 1 aromatic carbocycles. The number of anilines is 1. The highest BCUT2D eigenvalue weighted by Gasteiger charge is 2.58. The average molecular weight is 809 g/mol. The number of fused-ring (bicyclic) bond motifs is 2. The second-order valence-electron chi connectivity index (χ2n) is 13.6. The van der Waals surface area contributed by atoms with Crippen molar-refractivity contribution in [3.05, 3.63) is 79.9 Å². The molecule has 55 heavy (non-hydrogen) atoms. The highest BCUT2D eigenvalue weighted by Crippen LogP contribution is 2.48. The third-order valence-electron chi connectivity index (χ3n) is 10.0. The van der Waals surface area contributed by atoms with Crippen molar-refractivity contribution in [1.82, 2.24) is 29.1 Å². The second-order valence-corrected chi connectivity index (χ2v) is 16.7. The van der Waals surface area contributed by atoms with Crippen LogP contribution in [0.2, 0.25) is 5.02 Å². The number of piperidine rings is 1. The first-order valence-electron chi connectivity index (χ1n) is 17.1. The molecule has 0 unspecified atom stereocenters. The molecule has 2 atom stereocenters. The Morgan fingerprint density at radius 2 is 1.93 bits per heavy atom. The van der Waals surface area contributed by atoms with Gasteiger partial charge in [-0.1, -0.05) is 23.4 Å². The number of sulfonamides is 1. The summed E-state index contributed by atoms with van der Waals surface area (Å²) in [4.78, 5) is 43.9. The van der Waals surface area contributed by atoms with Crippen LogP contribution in [0.25, 0.3) is 32.2 Å². The van der Waals surface area contributed by atoms with Crippen LogP contribution in [0.1, 0.15) is 46.6 Å². The molecular weight excluding hydrogens is 777 g/mol. The van der Waals surface area contributed by atoms with Crippen molar-refractivity contribution in [1.29, 1.82) is 5.26 Å². The fourth-order valence-corrected chi connectivity index (χ4v) is 8.83. The zero-order valence-corrected chi connectivity index (χ0v) is 32.0. The van der Waals surface area contributed by atoms with E-state index in [0.29, 0.717) is 69.5 Å². The van der Waals surface area contributed by atoms with Crippen molar-refractivity contribution >= 4 is 65.8 Å². The number of amides is 1. The molecule has 5 heterocycles. The monoisotopic (exact) mass is 808 g/mol.